The van der Waals surface area contributed by atoms with Gasteiger partial charge < -0.3 is 5.11 Å². The summed E-state index contributed by atoms with van der Waals surface area (Å²) in [4.78, 5) is 4.58. The molecule has 128 valence electrons. The van der Waals surface area contributed by atoms with Crippen molar-refractivity contribution >= 4 is 0 Å². The Bertz CT molecular complexity index is 748. The number of aromatic hydroxyl groups is 1. The Morgan fingerprint density at radius 1 is 1.08 bits per heavy atom. The maximum absolute atomic E-state index is 14.4. The quantitative estimate of drug-likeness (QED) is 0.808. The summed E-state index contributed by atoms with van der Waals surface area (Å²) in [5.74, 6) is -0.133. The zero-order valence-corrected chi connectivity index (χ0v) is 14.8. The summed E-state index contributed by atoms with van der Waals surface area (Å²) in [5.41, 5.74) is 5.85. The van der Waals surface area contributed by atoms with E-state index >= 15 is 0 Å². The number of pyridine rings is 1. The molecular weight excluding hydrogens is 301 g/mol. The van der Waals surface area contributed by atoms with Gasteiger partial charge in [0.2, 0.25) is 0 Å². The van der Waals surface area contributed by atoms with Gasteiger partial charge in [-0.2, -0.15) is 0 Å². The summed E-state index contributed by atoms with van der Waals surface area (Å²) in [5, 5.41) is 10.2. The van der Waals surface area contributed by atoms with Crippen LogP contribution >= 0.6 is 0 Å². The number of hydrogen-bond donors (Lipinski definition) is 1. The van der Waals surface area contributed by atoms with Gasteiger partial charge in [0.1, 0.15) is 11.6 Å². The third-order valence-corrected chi connectivity index (χ3v) is 5.50. The lowest BCUT2D eigenvalue weighted by atomic mass is 9.86. The van der Waals surface area contributed by atoms with Crippen LogP contribution in [0.3, 0.4) is 0 Å². The Morgan fingerprint density at radius 2 is 1.75 bits per heavy atom. The normalized spacial score (nSPS) is 15.7. The number of aryl methyl sites for hydroxylation is 2. The van der Waals surface area contributed by atoms with E-state index in [-0.39, 0.29) is 11.7 Å². The average molecular weight is 327 g/mol. The van der Waals surface area contributed by atoms with Crippen LogP contribution in [0.25, 0.3) is 0 Å². The first-order valence-electron chi connectivity index (χ1n) is 8.91. The zero-order valence-electron chi connectivity index (χ0n) is 14.8. The molecule has 1 N–H and O–H groups in total. The largest absolute Gasteiger partial charge is 0.506 e. The number of benzene rings is 1. The second-order valence-electron chi connectivity index (χ2n) is 7.14. The molecule has 0 amide bonds. The zero-order chi connectivity index (χ0) is 17.3. The monoisotopic (exact) mass is 327 g/mol. The van der Waals surface area contributed by atoms with Crippen LogP contribution in [-0.2, 0) is 6.42 Å². The lowest BCUT2D eigenvalue weighted by Gasteiger charge is -2.22. The van der Waals surface area contributed by atoms with Crippen molar-refractivity contribution in [2.24, 2.45) is 0 Å². The average Bonchev–Trinajstić information content (AvgIpc) is 2.57. The molecule has 1 fully saturated rings. The number of halogens is 1. The number of rotatable bonds is 3. The summed E-state index contributed by atoms with van der Waals surface area (Å²) in [6.07, 6.45) is 6.11. The molecule has 1 aliphatic rings. The molecule has 0 bridgehead atoms. The van der Waals surface area contributed by atoms with Crippen molar-refractivity contribution in [2.45, 2.75) is 65.2 Å². The molecule has 0 unspecified atom stereocenters. The van der Waals surface area contributed by atoms with Crippen LogP contribution in [0.4, 0.5) is 4.39 Å². The molecule has 2 aromatic rings. The minimum absolute atomic E-state index is 0.0147. The summed E-state index contributed by atoms with van der Waals surface area (Å²) in [7, 11) is 0. The van der Waals surface area contributed by atoms with Crippen LogP contribution in [-0.4, -0.2) is 10.1 Å². The maximum atomic E-state index is 14.4. The lowest BCUT2D eigenvalue weighted by molar-refractivity contribution is 0.400. The van der Waals surface area contributed by atoms with Gasteiger partial charge in [0.25, 0.3) is 0 Å². The van der Waals surface area contributed by atoms with E-state index in [9.17, 15) is 9.50 Å². The molecule has 0 spiro atoms. The molecular formula is C21H26FNO. The molecule has 1 heterocycles. The summed E-state index contributed by atoms with van der Waals surface area (Å²) in [6.45, 7) is 6.21. The van der Waals surface area contributed by atoms with Gasteiger partial charge in [-0.05, 0) is 55.9 Å². The minimum Gasteiger partial charge on any atom is -0.506 e. The fourth-order valence-electron chi connectivity index (χ4n) is 3.78. The molecule has 0 atom stereocenters. The van der Waals surface area contributed by atoms with E-state index in [0.29, 0.717) is 17.8 Å². The first-order chi connectivity index (χ1) is 11.5. The molecule has 0 saturated heterocycles. The van der Waals surface area contributed by atoms with Crippen LogP contribution in [0.5, 0.6) is 5.75 Å². The topological polar surface area (TPSA) is 33.1 Å². The molecule has 0 aliphatic heterocycles. The highest BCUT2D eigenvalue weighted by Gasteiger charge is 2.22. The Morgan fingerprint density at radius 3 is 2.46 bits per heavy atom. The van der Waals surface area contributed by atoms with E-state index in [4.69, 9.17) is 0 Å². The van der Waals surface area contributed by atoms with Crippen LogP contribution < -0.4 is 0 Å². The second-order valence-corrected chi connectivity index (χ2v) is 7.14. The van der Waals surface area contributed by atoms with Crippen molar-refractivity contribution in [1.82, 2.24) is 4.98 Å². The fraction of sp³-hybridized carbons (Fsp3) is 0.476. The van der Waals surface area contributed by atoms with Gasteiger partial charge in [-0.15, -0.1) is 0 Å². The smallest absolute Gasteiger partial charge is 0.148 e. The van der Waals surface area contributed by atoms with E-state index in [0.717, 1.165) is 36.8 Å². The standard InChI is InChI=1S/C21H26FNO/c1-13-9-10-14(2)17(15(13)3)11-19-18(22)12-20(24)21(23-19)16-7-5-4-6-8-16/h9-10,12,16,24H,4-8,11H2,1-3H3. The second kappa shape index (κ2) is 6.92. The molecule has 3 heteroatoms. The van der Waals surface area contributed by atoms with Crippen molar-refractivity contribution < 1.29 is 9.50 Å². The van der Waals surface area contributed by atoms with E-state index < -0.39 is 5.82 Å². The van der Waals surface area contributed by atoms with E-state index in [1.54, 1.807) is 0 Å². The fourth-order valence-corrected chi connectivity index (χ4v) is 3.78. The highest BCUT2D eigenvalue weighted by molar-refractivity contribution is 5.42. The third kappa shape index (κ3) is 3.31. The van der Waals surface area contributed by atoms with Crippen molar-refractivity contribution in [3.63, 3.8) is 0 Å². The minimum atomic E-state index is -0.410. The number of nitrogens with zero attached hydrogens (tertiary/aromatic N) is 1. The summed E-state index contributed by atoms with van der Waals surface area (Å²) >= 11 is 0. The molecule has 2 nitrogen and oxygen atoms in total. The van der Waals surface area contributed by atoms with Gasteiger partial charge in [-0.25, -0.2) is 4.39 Å². The lowest BCUT2D eigenvalue weighted by Crippen LogP contribution is -2.10. The predicted molar refractivity (Wildman–Crippen MR) is 95.1 cm³/mol. The number of hydrogen-bond acceptors (Lipinski definition) is 2. The highest BCUT2D eigenvalue weighted by atomic mass is 19.1. The van der Waals surface area contributed by atoms with Crippen molar-refractivity contribution in [3.05, 3.63) is 57.7 Å². The van der Waals surface area contributed by atoms with Crippen LogP contribution in [0, 0.1) is 26.6 Å². The van der Waals surface area contributed by atoms with Gasteiger partial charge in [0.05, 0.1) is 11.4 Å². The number of aromatic nitrogens is 1. The molecule has 1 aromatic heterocycles. The van der Waals surface area contributed by atoms with Gasteiger partial charge in [0.15, 0.2) is 0 Å². The molecule has 3 rings (SSSR count). The Kier molecular flexibility index (Phi) is 4.88. The third-order valence-electron chi connectivity index (χ3n) is 5.50. The van der Waals surface area contributed by atoms with Gasteiger partial charge in [-0.1, -0.05) is 31.4 Å². The highest BCUT2D eigenvalue weighted by Crippen LogP contribution is 2.37. The van der Waals surface area contributed by atoms with Gasteiger partial charge in [-0.3, -0.25) is 4.98 Å². The Labute approximate surface area is 143 Å². The molecule has 1 saturated carbocycles. The Balaban J connectivity index is 1.98. The first kappa shape index (κ1) is 16.9. The maximum Gasteiger partial charge on any atom is 0.148 e. The molecule has 24 heavy (non-hydrogen) atoms. The Hall–Kier alpha value is -1.90. The van der Waals surface area contributed by atoms with E-state index in [1.165, 1.54) is 23.6 Å². The van der Waals surface area contributed by atoms with E-state index in [2.05, 4.69) is 37.9 Å². The van der Waals surface area contributed by atoms with Crippen LogP contribution in [0.2, 0.25) is 0 Å². The molecule has 1 aromatic carbocycles. The SMILES string of the molecule is Cc1ccc(C)c(Cc2nc(C3CCCCC3)c(O)cc2F)c1C. The summed E-state index contributed by atoms with van der Waals surface area (Å²) in [6, 6.07) is 5.44. The van der Waals surface area contributed by atoms with Crippen molar-refractivity contribution in [3.8, 4) is 5.75 Å². The first-order valence-corrected chi connectivity index (χ1v) is 8.91. The van der Waals surface area contributed by atoms with Crippen molar-refractivity contribution in [2.75, 3.05) is 0 Å². The molecule has 1 aliphatic carbocycles. The van der Waals surface area contributed by atoms with Crippen LogP contribution in [0.15, 0.2) is 18.2 Å². The predicted octanol–water partition coefficient (Wildman–Crippen LogP) is 5.49. The molecule has 0 radical (unpaired) electrons. The van der Waals surface area contributed by atoms with Gasteiger partial charge >= 0.3 is 0 Å². The van der Waals surface area contributed by atoms with E-state index in [1.807, 2.05) is 0 Å². The summed E-state index contributed by atoms with van der Waals surface area (Å²) < 4.78 is 14.4. The van der Waals surface area contributed by atoms with Gasteiger partial charge in [0, 0.05) is 18.4 Å². The van der Waals surface area contributed by atoms with Crippen molar-refractivity contribution in [1.29, 1.82) is 0 Å². The van der Waals surface area contributed by atoms with Crippen LogP contribution in [0.1, 0.15) is 71.7 Å².